The van der Waals surface area contributed by atoms with Crippen LogP contribution in [0.15, 0.2) is 24.3 Å². The van der Waals surface area contributed by atoms with E-state index in [2.05, 4.69) is 28.1 Å². The highest BCUT2D eigenvalue weighted by atomic mass is 35.5. The third-order valence-electron chi connectivity index (χ3n) is 5.05. The maximum atomic E-state index is 12.8. The Kier molecular flexibility index (Phi) is 5.57. The lowest BCUT2D eigenvalue weighted by atomic mass is 10.0. The number of amides is 1. The van der Waals surface area contributed by atoms with Gasteiger partial charge in [0, 0.05) is 43.3 Å². The molecule has 2 saturated heterocycles. The van der Waals surface area contributed by atoms with Crippen molar-refractivity contribution in [1.29, 1.82) is 0 Å². The summed E-state index contributed by atoms with van der Waals surface area (Å²) < 4.78 is 0. The smallest absolute Gasteiger partial charge is 0.237 e. The Balaban J connectivity index is 1.70. The number of nitrogens with zero attached hydrogens (tertiary/aromatic N) is 2. The van der Waals surface area contributed by atoms with Crippen LogP contribution in [0.3, 0.4) is 0 Å². The zero-order valence-electron chi connectivity index (χ0n) is 13.8. The first kappa shape index (κ1) is 16.7. The first-order chi connectivity index (χ1) is 11.1. The number of piperazine rings is 1. The van der Waals surface area contributed by atoms with E-state index < -0.39 is 0 Å². The number of carbonyl (C=O) groups is 1. The topological polar surface area (TPSA) is 35.6 Å². The number of piperidine rings is 1. The molecule has 0 aliphatic carbocycles. The lowest BCUT2D eigenvalue weighted by molar-refractivity contribution is -0.136. The van der Waals surface area contributed by atoms with Gasteiger partial charge in [-0.2, -0.15) is 0 Å². The Morgan fingerprint density at radius 3 is 3.00 bits per heavy atom. The summed E-state index contributed by atoms with van der Waals surface area (Å²) in [5.41, 5.74) is 1.18. The molecule has 2 fully saturated rings. The van der Waals surface area contributed by atoms with Gasteiger partial charge in [0.1, 0.15) is 0 Å². The Bertz CT molecular complexity index is 551. The molecule has 2 heterocycles. The van der Waals surface area contributed by atoms with Crippen LogP contribution in [0.4, 0.5) is 0 Å². The van der Waals surface area contributed by atoms with Gasteiger partial charge in [-0.3, -0.25) is 9.69 Å². The van der Waals surface area contributed by atoms with E-state index in [0.29, 0.717) is 12.6 Å². The van der Waals surface area contributed by atoms with Gasteiger partial charge in [-0.15, -0.1) is 0 Å². The van der Waals surface area contributed by atoms with Gasteiger partial charge >= 0.3 is 0 Å². The van der Waals surface area contributed by atoms with E-state index in [4.69, 9.17) is 11.6 Å². The highest BCUT2D eigenvalue weighted by molar-refractivity contribution is 6.30. The van der Waals surface area contributed by atoms with Gasteiger partial charge in [-0.1, -0.05) is 23.7 Å². The molecule has 1 aromatic carbocycles. The molecule has 2 unspecified atom stereocenters. The van der Waals surface area contributed by atoms with Crippen LogP contribution in [0.5, 0.6) is 0 Å². The summed E-state index contributed by atoms with van der Waals surface area (Å²) >= 11 is 6.14. The van der Waals surface area contributed by atoms with Crippen LogP contribution in [0.25, 0.3) is 0 Å². The molecule has 0 bridgehead atoms. The fraction of sp³-hybridized carbons (Fsp3) is 0.611. The number of nitrogens with one attached hydrogen (secondary N) is 1. The maximum absolute atomic E-state index is 12.8. The van der Waals surface area contributed by atoms with Crippen LogP contribution >= 0.6 is 11.6 Å². The van der Waals surface area contributed by atoms with E-state index in [1.165, 1.54) is 12.0 Å². The Morgan fingerprint density at radius 1 is 1.35 bits per heavy atom. The number of benzene rings is 1. The Hall–Kier alpha value is -1.10. The summed E-state index contributed by atoms with van der Waals surface area (Å²) in [5.74, 6) is 0.270. The molecule has 0 saturated carbocycles. The maximum Gasteiger partial charge on any atom is 0.237 e. The van der Waals surface area contributed by atoms with E-state index in [0.717, 1.165) is 44.0 Å². The van der Waals surface area contributed by atoms with Crippen molar-refractivity contribution < 1.29 is 4.79 Å². The van der Waals surface area contributed by atoms with Crippen LogP contribution in [0, 0.1) is 0 Å². The predicted molar refractivity (Wildman–Crippen MR) is 93.7 cm³/mol. The summed E-state index contributed by atoms with van der Waals surface area (Å²) in [6.07, 6.45) is 3.50. The molecule has 1 aromatic rings. The molecule has 2 aliphatic heterocycles. The van der Waals surface area contributed by atoms with Gasteiger partial charge < -0.3 is 10.2 Å². The van der Waals surface area contributed by atoms with Gasteiger partial charge in [0.25, 0.3) is 0 Å². The zero-order chi connectivity index (χ0) is 16.2. The van der Waals surface area contributed by atoms with Crippen molar-refractivity contribution in [2.24, 2.45) is 0 Å². The second kappa shape index (κ2) is 7.65. The highest BCUT2D eigenvalue weighted by Crippen LogP contribution is 2.25. The van der Waals surface area contributed by atoms with Crippen molar-refractivity contribution in [3.05, 3.63) is 34.9 Å². The molecule has 3 rings (SSSR count). The lowest BCUT2D eigenvalue weighted by Gasteiger charge is -2.39. The van der Waals surface area contributed by atoms with Gasteiger partial charge in [-0.05, 0) is 43.9 Å². The lowest BCUT2D eigenvalue weighted by Crippen LogP contribution is -2.52. The molecule has 0 spiro atoms. The van der Waals surface area contributed by atoms with E-state index in [9.17, 15) is 4.79 Å². The van der Waals surface area contributed by atoms with Crippen LogP contribution < -0.4 is 5.32 Å². The fourth-order valence-corrected chi connectivity index (χ4v) is 3.91. The minimum atomic E-state index is 0.214. The number of rotatable bonds is 3. The summed E-state index contributed by atoms with van der Waals surface area (Å²) in [6.45, 7) is 6.27. The zero-order valence-corrected chi connectivity index (χ0v) is 14.6. The van der Waals surface area contributed by atoms with Gasteiger partial charge in [0.2, 0.25) is 5.91 Å². The fourth-order valence-electron chi connectivity index (χ4n) is 3.71. The van der Waals surface area contributed by atoms with Crippen molar-refractivity contribution in [2.45, 2.75) is 38.3 Å². The molecule has 2 atom stereocenters. The van der Waals surface area contributed by atoms with Crippen LogP contribution in [-0.2, 0) is 4.79 Å². The standard InChI is InChI=1S/C18H26ClN3O/c1-14-5-2-3-9-22(14)18(23)13-21-10-8-20-12-17(21)15-6-4-7-16(19)11-15/h4,6-7,11,14,17,20H,2-3,5,8-10,12-13H2,1H3. The normalized spacial score (nSPS) is 26.3. The van der Waals surface area contributed by atoms with E-state index in [-0.39, 0.29) is 11.9 Å². The number of hydrogen-bond donors (Lipinski definition) is 1. The van der Waals surface area contributed by atoms with E-state index in [1.54, 1.807) is 0 Å². The number of likely N-dealkylation sites (tertiary alicyclic amines) is 1. The van der Waals surface area contributed by atoms with Crippen LogP contribution in [0.2, 0.25) is 5.02 Å². The molecule has 0 radical (unpaired) electrons. The van der Waals surface area contributed by atoms with E-state index >= 15 is 0 Å². The Morgan fingerprint density at radius 2 is 2.22 bits per heavy atom. The molecule has 4 nitrogen and oxygen atoms in total. The molecule has 0 aromatic heterocycles. The monoisotopic (exact) mass is 335 g/mol. The molecule has 2 aliphatic rings. The summed E-state index contributed by atoms with van der Waals surface area (Å²) in [4.78, 5) is 17.1. The quantitative estimate of drug-likeness (QED) is 0.922. The largest absolute Gasteiger partial charge is 0.339 e. The molecular weight excluding hydrogens is 310 g/mol. The highest BCUT2D eigenvalue weighted by Gasteiger charge is 2.29. The molecule has 1 amide bonds. The number of carbonyl (C=O) groups excluding carboxylic acids is 1. The minimum Gasteiger partial charge on any atom is -0.339 e. The van der Waals surface area contributed by atoms with Crippen molar-refractivity contribution in [3.63, 3.8) is 0 Å². The molecule has 1 N–H and O–H groups in total. The third kappa shape index (κ3) is 4.06. The van der Waals surface area contributed by atoms with E-state index in [1.807, 2.05) is 18.2 Å². The first-order valence-electron chi connectivity index (χ1n) is 8.65. The first-order valence-corrected chi connectivity index (χ1v) is 9.02. The van der Waals surface area contributed by atoms with Gasteiger partial charge in [-0.25, -0.2) is 0 Å². The summed E-state index contributed by atoms with van der Waals surface area (Å²) in [7, 11) is 0. The second-order valence-corrected chi connectivity index (χ2v) is 7.11. The molecule has 126 valence electrons. The number of halogens is 1. The predicted octanol–water partition coefficient (Wildman–Crippen LogP) is 2.69. The number of hydrogen-bond acceptors (Lipinski definition) is 3. The van der Waals surface area contributed by atoms with Gasteiger partial charge in [0.05, 0.1) is 6.54 Å². The van der Waals surface area contributed by atoms with Crippen molar-refractivity contribution in [2.75, 3.05) is 32.7 Å². The molecule has 5 heteroatoms. The van der Waals surface area contributed by atoms with Crippen LogP contribution in [0.1, 0.15) is 37.8 Å². The van der Waals surface area contributed by atoms with Crippen molar-refractivity contribution in [1.82, 2.24) is 15.1 Å². The summed E-state index contributed by atoms with van der Waals surface area (Å²) in [5, 5.41) is 4.19. The average Bonchev–Trinajstić information content (AvgIpc) is 2.55. The molecular formula is C18H26ClN3O. The average molecular weight is 336 g/mol. The Labute approximate surface area is 143 Å². The minimum absolute atomic E-state index is 0.214. The third-order valence-corrected chi connectivity index (χ3v) is 5.28. The van der Waals surface area contributed by atoms with Crippen molar-refractivity contribution in [3.8, 4) is 0 Å². The summed E-state index contributed by atoms with van der Waals surface area (Å²) in [6, 6.07) is 8.59. The van der Waals surface area contributed by atoms with Gasteiger partial charge in [0.15, 0.2) is 0 Å². The SMILES string of the molecule is CC1CCCCN1C(=O)CN1CCNCC1c1cccc(Cl)c1. The second-order valence-electron chi connectivity index (χ2n) is 6.68. The van der Waals surface area contributed by atoms with Crippen molar-refractivity contribution >= 4 is 17.5 Å². The van der Waals surface area contributed by atoms with Crippen LogP contribution in [-0.4, -0.2) is 54.5 Å². The molecule has 23 heavy (non-hydrogen) atoms.